The van der Waals surface area contributed by atoms with Crippen LogP contribution in [0.15, 0.2) is 64.0 Å². The van der Waals surface area contributed by atoms with Gasteiger partial charge in [-0.2, -0.15) is 5.26 Å². The molecule has 27 heavy (non-hydrogen) atoms. The van der Waals surface area contributed by atoms with E-state index >= 15 is 0 Å². The summed E-state index contributed by atoms with van der Waals surface area (Å²) in [4.78, 5) is 7.01. The maximum absolute atomic E-state index is 10.4. The Morgan fingerprint density at radius 1 is 1.22 bits per heavy atom. The zero-order valence-electron chi connectivity index (χ0n) is 14.7. The van der Waals surface area contributed by atoms with Crippen molar-refractivity contribution in [3.63, 3.8) is 0 Å². The van der Waals surface area contributed by atoms with Gasteiger partial charge in [-0.1, -0.05) is 18.2 Å². The molecule has 0 radical (unpaired) electrons. The third-order valence-electron chi connectivity index (χ3n) is 6.33. The molecule has 2 unspecified atom stereocenters. The van der Waals surface area contributed by atoms with Gasteiger partial charge in [0.15, 0.2) is 11.4 Å². The van der Waals surface area contributed by atoms with Gasteiger partial charge in [0.1, 0.15) is 24.3 Å². The minimum Gasteiger partial charge on any atom is -0.335 e. The number of para-hydroxylation sites is 1. The van der Waals surface area contributed by atoms with Gasteiger partial charge in [-0.25, -0.2) is 4.99 Å². The highest BCUT2D eigenvalue weighted by atomic mass is 15.4. The molecule has 0 saturated heterocycles. The maximum atomic E-state index is 10.4. The molecule has 2 atom stereocenters. The van der Waals surface area contributed by atoms with Crippen LogP contribution in [0.2, 0.25) is 0 Å². The molecule has 0 aromatic heterocycles. The highest BCUT2D eigenvalue weighted by molar-refractivity contribution is 6.03. The van der Waals surface area contributed by atoms with Crippen LogP contribution in [0.5, 0.6) is 0 Å². The van der Waals surface area contributed by atoms with Gasteiger partial charge in [0.05, 0.1) is 5.56 Å². The fraction of sp³-hybridized carbons (Fsp3) is 0.227. The minimum atomic E-state index is -0.107. The maximum Gasteiger partial charge on any atom is 0.326 e. The zero-order chi connectivity index (χ0) is 18.2. The molecule has 5 nitrogen and oxygen atoms in total. The average molecular weight is 350 g/mol. The predicted molar refractivity (Wildman–Crippen MR) is 103 cm³/mol. The van der Waals surface area contributed by atoms with Crippen molar-refractivity contribution in [1.82, 2.24) is 9.38 Å². The molecule has 0 spiro atoms. The summed E-state index contributed by atoms with van der Waals surface area (Å²) < 4.78 is -0.107. The van der Waals surface area contributed by atoms with Crippen molar-refractivity contribution in [2.75, 3.05) is 6.67 Å². The first-order chi connectivity index (χ1) is 13.3. The molecule has 0 N–H and O–H groups in total. The first-order valence-electron chi connectivity index (χ1n) is 9.28. The van der Waals surface area contributed by atoms with E-state index in [0.717, 1.165) is 35.4 Å². The van der Waals surface area contributed by atoms with Gasteiger partial charge in [0.25, 0.3) is 0 Å². The van der Waals surface area contributed by atoms with Crippen molar-refractivity contribution in [2.45, 2.75) is 25.3 Å². The summed E-state index contributed by atoms with van der Waals surface area (Å²) in [5.41, 5.74) is 8.34. The van der Waals surface area contributed by atoms with Crippen molar-refractivity contribution in [2.24, 2.45) is 4.99 Å². The van der Waals surface area contributed by atoms with Gasteiger partial charge in [-0.05, 0) is 48.6 Å². The number of quaternary nitrogens is 1. The van der Waals surface area contributed by atoms with E-state index in [1.54, 1.807) is 12.4 Å². The number of nitrogens with zero attached hydrogens (tertiary/aromatic N) is 5. The Hall–Kier alpha value is -3.41. The standard InChI is InChI=1S/C22H16N5/c23-10-14-4-3-6-17-18-9-8-16-15-5-1-2-7-19(15)26-12-25-13-27(11-24,21(14)17)22(18)20(16)26/h3-4,6-9,13,20H,1-2,5,12H2/q+1. The normalized spacial score (nSPS) is 28.9. The van der Waals surface area contributed by atoms with Gasteiger partial charge in [-0.3, -0.25) is 0 Å². The van der Waals surface area contributed by atoms with Crippen LogP contribution in [0.4, 0.5) is 5.69 Å². The Morgan fingerprint density at radius 3 is 3.00 bits per heavy atom. The molecule has 0 fully saturated rings. The Labute approximate surface area is 157 Å². The van der Waals surface area contributed by atoms with E-state index in [9.17, 15) is 10.5 Å². The highest BCUT2D eigenvalue weighted by Crippen LogP contribution is 2.55. The molecular weight excluding hydrogens is 334 g/mol. The fourth-order valence-electron chi connectivity index (χ4n) is 5.33. The van der Waals surface area contributed by atoms with Gasteiger partial charge in [0, 0.05) is 11.3 Å². The summed E-state index contributed by atoms with van der Waals surface area (Å²) in [5.74, 6) is 0. The van der Waals surface area contributed by atoms with Crippen LogP contribution in [0, 0.1) is 22.8 Å². The molecule has 0 amide bonds. The molecule has 2 aliphatic carbocycles. The van der Waals surface area contributed by atoms with Crippen molar-refractivity contribution in [1.29, 1.82) is 10.5 Å². The van der Waals surface area contributed by atoms with Crippen LogP contribution in [-0.4, -0.2) is 23.9 Å². The molecule has 3 heterocycles. The SMILES string of the molecule is N#Cc1cccc2c1[N+]1(C#N)C=NCN3C4=CCCCC4=C4C=CC2=C1C43. The van der Waals surface area contributed by atoms with E-state index < -0.39 is 0 Å². The van der Waals surface area contributed by atoms with Crippen LogP contribution >= 0.6 is 0 Å². The third kappa shape index (κ3) is 1.55. The van der Waals surface area contributed by atoms with Crippen LogP contribution in [-0.2, 0) is 0 Å². The van der Waals surface area contributed by atoms with Crippen molar-refractivity contribution in [3.05, 3.63) is 70.1 Å². The molecule has 3 aliphatic heterocycles. The number of aliphatic imine (C=N–C) groups is 1. The Morgan fingerprint density at radius 2 is 2.15 bits per heavy atom. The van der Waals surface area contributed by atoms with Crippen molar-refractivity contribution in [3.8, 4) is 12.3 Å². The van der Waals surface area contributed by atoms with E-state index in [1.165, 1.54) is 23.3 Å². The first-order valence-corrected chi connectivity index (χ1v) is 9.28. The number of nitriles is 2. The van der Waals surface area contributed by atoms with E-state index in [-0.39, 0.29) is 10.5 Å². The first kappa shape index (κ1) is 14.7. The Balaban J connectivity index is 1.71. The fourth-order valence-corrected chi connectivity index (χ4v) is 5.33. The number of rotatable bonds is 0. The second-order valence-corrected chi connectivity index (χ2v) is 7.50. The van der Waals surface area contributed by atoms with Crippen LogP contribution in [0.3, 0.4) is 0 Å². The predicted octanol–water partition coefficient (Wildman–Crippen LogP) is 3.69. The summed E-state index contributed by atoms with van der Waals surface area (Å²) in [6.45, 7) is 0.542. The van der Waals surface area contributed by atoms with Crippen molar-refractivity contribution < 1.29 is 0 Å². The molecule has 0 bridgehead atoms. The number of hydrogen-bond donors (Lipinski definition) is 0. The molecule has 5 heteroatoms. The number of allylic oxidation sites excluding steroid dienone is 4. The summed E-state index contributed by atoms with van der Waals surface area (Å²) in [7, 11) is 0. The molecule has 5 aliphatic rings. The monoisotopic (exact) mass is 350 g/mol. The molecule has 1 aromatic carbocycles. The van der Waals surface area contributed by atoms with Crippen molar-refractivity contribution >= 4 is 17.6 Å². The van der Waals surface area contributed by atoms with Crippen LogP contribution in [0.1, 0.15) is 30.4 Å². The summed E-state index contributed by atoms with van der Waals surface area (Å²) in [6.07, 6.45) is 14.3. The smallest absolute Gasteiger partial charge is 0.326 e. The largest absolute Gasteiger partial charge is 0.335 e. The summed E-state index contributed by atoms with van der Waals surface area (Å²) >= 11 is 0. The van der Waals surface area contributed by atoms with E-state index in [2.05, 4.69) is 40.4 Å². The Bertz CT molecular complexity index is 1160. The topological polar surface area (TPSA) is 63.2 Å². The molecule has 1 aromatic rings. The van der Waals surface area contributed by atoms with Crippen LogP contribution < -0.4 is 4.48 Å². The lowest BCUT2D eigenvalue weighted by Crippen LogP contribution is -2.47. The second-order valence-electron chi connectivity index (χ2n) is 7.50. The third-order valence-corrected chi connectivity index (χ3v) is 6.33. The summed E-state index contributed by atoms with van der Waals surface area (Å²) in [5, 5.41) is 20.1. The van der Waals surface area contributed by atoms with Gasteiger partial charge >= 0.3 is 6.19 Å². The zero-order valence-corrected chi connectivity index (χ0v) is 14.7. The van der Waals surface area contributed by atoms with E-state index in [1.807, 2.05) is 12.1 Å². The second kappa shape index (κ2) is 4.85. The lowest BCUT2D eigenvalue weighted by Gasteiger charge is -2.31. The van der Waals surface area contributed by atoms with Gasteiger partial charge in [-0.15, -0.1) is 9.74 Å². The average Bonchev–Trinajstić information content (AvgIpc) is 3.12. The minimum absolute atomic E-state index is 0.0189. The Kier molecular flexibility index (Phi) is 2.65. The molecule has 6 rings (SSSR count). The van der Waals surface area contributed by atoms with Gasteiger partial charge < -0.3 is 4.90 Å². The number of hydrogen-bond acceptors (Lipinski definition) is 4. The molecule has 128 valence electrons. The molecule has 0 saturated carbocycles. The number of benzene rings is 1. The van der Waals surface area contributed by atoms with Crippen LogP contribution in [0.25, 0.3) is 5.57 Å². The summed E-state index contributed by atoms with van der Waals surface area (Å²) in [6, 6.07) is 8.03. The highest BCUT2D eigenvalue weighted by Gasteiger charge is 2.57. The van der Waals surface area contributed by atoms with Gasteiger partial charge in [0.2, 0.25) is 6.34 Å². The molecular formula is C22H16N5+. The van der Waals surface area contributed by atoms with E-state index in [4.69, 9.17) is 0 Å². The lowest BCUT2D eigenvalue weighted by atomic mass is 9.89. The number of fused-ring (bicyclic) bond motifs is 5. The quantitative estimate of drug-likeness (QED) is 0.529. The van der Waals surface area contributed by atoms with E-state index in [0.29, 0.717) is 12.2 Å². The lowest BCUT2D eigenvalue weighted by molar-refractivity contribution is 0.338.